The van der Waals surface area contributed by atoms with E-state index in [4.69, 9.17) is 9.47 Å². The standard InChI is InChI=1S/C44H58N4O2/c1-33(31-43(3,4)5)27-29-49-41-23-13-36(14-24-41)10-9-35-11-15-37(16-12-35)45-46-38-17-19-39(20-18-38)47-48-40-21-25-42(26-22-40)50-30-28-34(2)32-44(6,7)8/h11-26,33-34H,9-10,27-32H2,1-8H3/b46-45+,48-47+. The minimum atomic E-state index is 0.348. The van der Waals surface area contributed by atoms with E-state index in [1.165, 1.54) is 24.0 Å². The Morgan fingerprint density at radius 3 is 1.06 bits per heavy atom. The van der Waals surface area contributed by atoms with Gasteiger partial charge in [-0.05, 0) is 145 Å². The van der Waals surface area contributed by atoms with Crippen LogP contribution in [0.2, 0.25) is 0 Å². The zero-order valence-electron chi connectivity index (χ0n) is 31.7. The Kier molecular flexibility index (Phi) is 14.3. The third-order valence-corrected chi connectivity index (χ3v) is 8.49. The number of nitrogens with zero attached hydrogens (tertiary/aromatic N) is 4. The predicted molar refractivity (Wildman–Crippen MR) is 208 cm³/mol. The van der Waals surface area contributed by atoms with Gasteiger partial charge in [-0.15, -0.1) is 0 Å². The number of hydrogen-bond acceptors (Lipinski definition) is 6. The molecule has 0 aliphatic rings. The van der Waals surface area contributed by atoms with Crippen molar-refractivity contribution in [1.29, 1.82) is 0 Å². The molecule has 4 rings (SSSR count). The maximum atomic E-state index is 6.00. The van der Waals surface area contributed by atoms with Crippen LogP contribution >= 0.6 is 0 Å². The van der Waals surface area contributed by atoms with E-state index < -0.39 is 0 Å². The lowest BCUT2D eigenvalue weighted by Gasteiger charge is -2.23. The lowest BCUT2D eigenvalue weighted by molar-refractivity contribution is 0.240. The summed E-state index contributed by atoms with van der Waals surface area (Å²) in [7, 11) is 0. The van der Waals surface area contributed by atoms with Gasteiger partial charge in [0.25, 0.3) is 0 Å². The molecule has 0 fully saturated rings. The number of aryl methyl sites for hydroxylation is 2. The molecule has 0 N–H and O–H groups in total. The summed E-state index contributed by atoms with van der Waals surface area (Å²) in [6.07, 6.45) is 6.48. The number of azo groups is 2. The van der Waals surface area contributed by atoms with Crippen molar-refractivity contribution in [1.82, 2.24) is 0 Å². The van der Waals surface area contributed by atoms with Gasteiger partial charge in [-0.1, -0.05) is 79.7 Å². The lowest BCUT2D eigenvalue weighted by atomic mass is 9.84. The van der Waals surface area contributed by atoms with Gasteiger partial charge < -0.3 is 9.47 Å². The smallest absolute Gasteiger partial charge is 0.119 e. The van der Waals surface area contributed by atoms with Crippen LogP contribution in [0.4, 0.5) is 22.7 Å². The summed E-state index contributed by atoms with van der Waals surface area (Å²) in [4.78, 5) is 0. The van der Waals surface area contributed by atoms with Crippen LogP contribution in [-0.2, 0) is 12.8 Å². The quantitative estimate of drug-likeness (QED) is 0.105. The Hall–Kier alpha value is -4.32. The highest BCUT2D eigenvalue weighted by atomic mass is 16.5. The Balaban J connectivity index is 1.16. The molecule has 0 saturated carbocycles. The van der Waals surface area contributed by atoms with E-state index in [0.717, 1.165) is 73.1 Å². The van der Waals surface area contributed by atoms with Crippen LogP contribution in [0.1, 0.15) is 92.2 Å². The van der Waals surface area contributed by atoms with Gasteiger partial charge in [0.1, 0.15) is 11.5 Å². The molecule has 6 nitrogen and oxygen atoms in total. The molecule has 0 aliphatic carbocycles. The summed E-state index contributed by atoms with van der Waals surface area (Å²) < 4.78 is 11.9. The Bertz CT molecular complexity index is 1610. The molecule has 0 radical (unpaired) electrons. The van der Waals surface area contributed by atoms with E-state index in [-0.39, 0.29) is 0 Å². The number of benzene rings is 4. The summed E-state index contributed by atoms with van der Waals surface area (Å²) in [5.74, 6) is 3.11. The minimum absolute atomic E-state index is 0.348. The first-order valence-corrected chi connectivity index (χ1v) is 18.3. The second-order valence-corrected chi connectivity index (χ2v) is 16.2. The molecule has 0 aliphatic heterocycles. The maximum absolute atomic E-state index is 6.00. The van der Waals surface area contributed by atoms with Gasteiger partial charge in [0.2, 0.25) is 0 Å². The van der Waals surface area contributed by atoms with Crippen LogP contribution in [0.25, 0.3) is 0 Å². The van der Waals surface area contributed by atoms with Crippen LogP contribution in [0.15, 0.2) is 118 Å². The number of ether oxygens (including phenoxy) is 2. The fourth-order valence-electron chi connectivity index (χ4n) is 6.25. The van der Waals surface area contributed by atoms with E-state index in [1.54, 1.807) is 0 Å². The van der Waals surface area contributed by atoms with Gasteiger partial charge in [0, 0.05) is 0 Å². The molecule has 0 saturated heterocycles. The SMILES string of the molecule is CC(CCOc1ccc(CCc2ccc(/N=N/c3ccc(/N=N/c4ccc(OCCC(C)CC(C)(C)C)cc4)cc3)cc2)cc1)CC(C)(C)C. The molecular formula is C44H58N4O2. The first-order valence-electron chi connectivity index (χ1n) is 18.3. The summed E-state index contributed by atoms with van der Waals surface area (Å²) in [6.45, 7) is 19.8. The first-order chi connectivity index (χ1) is 23.8. The third kappa shape index (κ3) is 15.1. The van der Waals surface area contributed by atoms with Crippen molar-refractivity contribution in [3.63, 3.8) is 0 Å². The molecule has 0 aromatic heterocycles. The zero-order valence-corrected chi connectivity index (χ0v) is 31.7. The van der Waals surface area contributed by atoms with Gasteiger partial charge in [-0.3, -0.25) is 0 Å². The fraction of sp³-hybridized carbons (Fsp3) is 0.455. The fourth-order valence-corrected chi connectivity index (χ4v) is 6.25. The van der Waals surface area contributed by atoms with Crippen LogP contribution in [-0.4, -0.2) is 13.2 Å². The van der Waals surface area contributed by atoms with Crippen molar-refractivity contribution in [3.05, 3.63) is 108 Å². The molecule has 0 bridgehead atoms. The second-order valence-electron chi connectivity index (χ2n) is 16.2. The highest BCUT2D eigenvalue weighted by molar-refractivity contribution is 5.48. The van der Waals surface area contributed by atoms with Crippen molar-refractivity contribution in [2.24, 2.45) is 43.1 Å². The molecule has 2 unspecified atom stereocenters. The van der Waals surface area contributed by atoms with Crippen molar-refractivity contribution in [2.75, 3.05) is 13.2 Å². The molecule has 2 atom stereocenters. The Labute approximate surface area is 301 Å². The maximum Gasteiger partial charge on any atom is 0.119 e. The van der Waals surface area contributed by atoms with Crippen molar-refractivity contribution >= 4 is 22.7 Å². The number of hydrogen-bond donors (Lipinski definition) is 0. The van der Waals surface area contributed by atoms with Crippen LogP contribution < -0.4 is 9.47 Å². The molecular weight excluding hydrogens is 617 g/mol. The topological polar surface area (TPSA) is 67.9 Å². The van der Waals surface area contributed by atoms with Crippen LogP contribution in [0.3, 0.4) is 0 Å². The summed E-state index contributed by atoms with van der Waals surface area (Å²) in [6, 6.07) is 32.1. The molecule has 0 spiro atoms. The average molecular weight is 675 g/mol. The molecule has 0 heterocycles. The van der Waals surface area contributed by atoms with Gasteiger partial charge in [-0.25, -0.2) is 0 Å². The minimum Gasteiger partial charge on any atom is -0.494 e. The monoisotopic (exact) mass is 674 g/mol. The number of rotatable bonds is 17. The van der Waals surface area contributed by atoms with E-state index in [9.17, 15) is 0 Å². The molecule has 266 valence electrons. The van der Waals surface area contributed by atoms with Crippen LogP contribution in [0, 0.1) is 22.7 Å². The van der Waals surface area contributed by atoms with Gasteiger partial charge in [0.05, 0.1) is 36.0 Å². The molecule has 4 aromatic carbocycles. The normalized spacial score (nSPS) is 13.5. The van der Waals surface area contributed by atoms with E-state index in [0.29, 0.717) is 22.7 Å². The average Bonchev–Trinajstić information content (AvgIpc) is 3.06. The van der Waals surface area contributed by atoms with E-state index in [2.05, 4.69) is 112 Å². The van der Waals surface area contributed by atoms with Gasteiger partial charge in [-0.2, -0.15) is 20.5 Å². The Morgan fingerprint density at radius 2 is 0.720 bits per heavy atom. The van der Waals surface area contributed by atoms with Crippen molar-refractivity contribution in [2.45, 2.75) is 93.9 Å². The predicted octanol–water partition coefficient (Wildman–Crippen LogP) is 14.0. The summed E-state index contributed by atoms with van der Waals surface area (Å²) >= 11 is 0. The highest BCUT2D eigenvalue weighted by Crippen LogP contribution is 2.28. The van der Waals surface area contributed by atoms with Crippen LogP contribution in [0.5, 0.6) is 11.5 Å². The van der Waals surface area contributed by atoms with Gasteiger partial charge in [0.15, 0.2) is 0 Å². The van der Waals surface area contributed by atoms with E-state index in [1.807, 2.05) is 60.7 Å². The second kappa shape index (κ2) is 18.6. The molecule has 0 amide bonds. The summed E-state index contributed by atoms with van der Waals surface area (Å²) in [5, 5.41) is 17.6. The molecule has 50 heavy (non-hydrogen) atoms. The first kappa shape index (κ1) is 38.5. The lowest BCUT2D eigenvalue weighted by Crippen LogP contribution is -2.13. The zero-order chi connectivity index (χ0) is 36.0. The summed E-state index contributed by atoms with van der Waals surface area (Å²) in [5.41, 5.74) is 6.41. The largest absolute Gasteiger partial charge is 0.494 e. The van der Waals surface area contributed by atoms with Gasteiger partial charge >= 0.3 is 0 Å². The van der Waals surface area contributed by atoms with Crippen molar-refractivity contribution in [3.8, 4) is 11.5 Å². The Morgan fingerprint density at radius 1 is 0.440 bits per heavy atom. The molecule has 4 aromatic rings. The third-order valence-electron chi connectivity index (χ3n) is 8.49. The highest BCUT2D eigenvalue weighted by Gasteiger charge is 2.16. The van der Waals surface area contributed by atoms with Crippen molar-refractivity contribution < 1.29 is 9.47 Å². The van der Waals surface area contributed by atoms with E-state index >= 15 is 0 Å². The molecule has 6 heteroatoms.